The smallest absolute Gasteiger partial charge is 0.250 e. The first-order chi connectivity index (χ1) is 9.92. The van der Waals surface area contributed by atoms with Gasteiger partial charge in [-0.1, -0.05) is 0 Å². The second kappa shape index (κ2) is 7.98. The van der Waals surface area contributed by atoms with Crippen molar-refractivity contribution in [3.05, 3.63) is 24.3 Å². The molecule has 1 rings (SSSR count). The lowest BCUT2D eigenvalue weighted by Crippen LogP contribution is -2.38. The van der Waals surface area contributed by atoms with Crippen molar-refractivity contribution in [2.45, 2.75) is 12.5 Å². The SMILES string of the molecule is COCC(=O)Nc1ccc(NC(=O)C(N)CC(N)=O)cc1. The molecule has 1 atom stereocenters. The first kappa shape index (κ1) is 16.6. The van der Waals surface area contributed by atoms with Crippen molar-refractivity contribution >= 4 is 29.1 Å². The largest absolute Gasteiger partial charge is 0.375 e. The third-order valence-electron chi connectivity index (χ3n) is 2.47. The van der Waals surface area contributed by atoms with E-state index in [2.05, 4.69) is 15.4 Å². The zero-order chi connectivity index (χ0) is 15.8. The number of amides is 3. The molecular formula is C13H18N4O4. The highest BCUT2D eigenvalue weighted by Gasteiger charge is 2.15. The monoisotopic (exact) mass is 294 g/mol. The highest BCUT2D eigenvalue weighted by atomic mass is 16.5. The van der Waals surface area contributed by atoms with Crippen molar-refractivity contribution in [2.75, 3.05) is 24.4 Å². The summed E-state index contributed by atoms with van der Waals surface area (Å²) in [5, 5.41) is 5.15. The van der Waals surface area contributed by atoms with Crippen LogP contribution in [0.4, 0.5) is 11.4 Å². The summed E-state index contributed by atoms with van der Waals surface area (Å²) < 4.78 is 4.69. The van der Waals surface area contributed by atoms with Gasteiger partial charge in [0.15, 0.2) is 0 Å². The van der Waals surface area contributed by atoms with Gasteiger partial charge in [-0.3, -0.25) is 14.4 Å². The third-order valence-corrected chi connectivity index (χ3v) is 2.47. The summed E-state index contributed by atoms with van der Waals surface area (Å²) in [7, 11) is 1.42. The van der Waals surface area contributed by atoms with E-state index < -0.39 is 17.9 Å². The first-order valence-corrected chi connectivity index (χ1v) is 6.16. The average molecular weight is 294 g/mol. The Morgan fingerprint density at radius 3 is 2.14 bits per heavy atom. The van der Waals surface area contributed by atoms with E-state index in [1.165, 1.54) is 7.11 Å². The van der Waals surface area contributed by atoms with Crippen molar-refractivity contribution in [3.8, 4) is 0 Å². The number of nitrogens with one attached hydrogen (secondary N) is 2. The maximum atomic E-state index is 11.7. The topological polar surface area (TPSA) is 137 Å². The van der Waals surface area contributed by atoms with Gasteiger partial charge in [0.25, 0.3) is 0 Å². The van der Waals surface area contributed by atoms with Gasteiger partial charge >= 0.3 is 0 Å². The highest BCUT2D eigenvalue weighted by molar-refractivity contribution is 5.97. The van der Waals surface area contributed by atoms with E-state index in [0.717, 1.165) is 0 Å². The Hall–Kier alpha value is -2.45. The molecular weight excluding hydrogens is 276 g/mol. The molecule has 1 aromatic rings. The highest BCUT2D eigenvalue weighted by Crippen LogP contribution is 2.13. The van der Waals surface area contributed by atoms with Crippen LogP contribution in [0, 0.1) is 0 Å². The molecule has 0 spiro atoms. The molecule has 0 aromatic heterocycles. The van der Waals surface area contributed by atoms with Crippen LogP contribution in [-0.2, 0) is 19.1 Å². The molecule has 3 amide bonds. The van der Waals surface area contributed by atoms with Crippen molar-refractivity contribution in [3.63, 3.8) is 0 Å². The molecule has 114 valence electrons. The quantitative estimate of drug-likeness (QED) is 0.533. The van der Waals surface area contributed by atoms with E-state index in [1.807, 2.05) is 0 Å². The summed E-state index contributed by atoms with van der Waals surface area (Å²) in [5.74, 6) is -1.43. The Kier molecular flexibility index (Phi) is 6.31. The number of hydrogen-bond acceptors (Lipinski definition) is 5. The Morgan fingerprint density at radius 1 is 1.14 bits per heavy atom. The minimum Gasteiger partial charge on any atom is -0.375 e. The molecule has 1 aromatic carbocycles. The lowest BCUT2D eigenvalue weighted by atomic mass is 10.2. The predicted octanol–water partition coefficient (Wildman–Crippen LogP) is -0.587. The van der Waals surface area contributed by atoms with Crippen LogP contribution < -0.4 is 22.1 Å². The molecule has 1 unspecified atom stereocenters. The van der Waals surface area contributed by atoms with E-state index in [-0.39, 0.29) is 18.9 Å². The molecule has 0 aliphatic carbocycles. The van der Waals surface area contributed by atoms with E-state index in [0.29, 0.717) is 11.4 Å². The van der Waals surface area contributed by atoms with Crippen LogP contribution >= 0.6 is 0 Å². The number of hydrogen-bond donors (Lipinski definition) is 4. The number of nitrogens with two attached hydrogens (primary N) is 2. The van der Waals surface area contributed by atoms with Crippen molar-refractivity contribution in [1.82, 2.24) is 0 Å². The number of carbonyl (C=O) groups is 3. The molecule has 8 nitrogen and oxygen atoms in total. The molecule has 21 heavy (non-hydrogen) atoms. The van der Waals surface area contributed by atoms with Crippen molar-refractivity contribution in [2.24, 2.45) is 11.5 Å². The number of benzene rings is 1. The zero-order valence-electron chi connectivity index (χ0n) is 11.6. The molecule has 0 bridgehead atoms. The van der Waals surface area contributed by atoms with Crippen LogP contribution in [0.5, 0.6) is 0 Å². The van der Waals surface area contributed by atoms with Gasteiger partial charge in [0.1, 0.15) is 6.61 Å². The van der Waals surface area contributed by atoms with E-state index in [1.54, 1.807) is 24.3 Å². The van der Waals surface area contributed by atoms with Gasteiger partial charge in [-0.05, 0) is 24.3 Å². The van der Waals surface area contributed by atoms with Gasteiger partial charge in [0.2, 0.25) is 17.7 Å². The molecule has 0 aliphatic rings. The summed E-state index contributed by atoms with van der Waals surface area (Å²) in [6, 6.07) is 5.42. The normalized spacial score (nSPS) is 11.5. The summed E-state index contributed by atoms with van der Waals surface area (Å²) in [5.41, 5.74) is 11.5. The first-order valence-electron chi connectivity index (χ1n) is 6.16. The van der Waals surface area contributed by atoms with Gasteiger partial charge in [-0.2, -0.15) is 0 Å². The number of rotatable bonds is 7. The van der Waals surface area contributed by atoms with E-state index in [4.69, 9.17) is 11.5 Å². The molecule has 8 heteroatoms. The second-order valence-corrected chi connectivity index (χ2v) is 4.32. The maximum Gasteiger partial charge on any atom is 0.250 e. The molecule has 0 aliphatic heterocycles. The number of anilines is 2. The minimum atomic E-state index is -0.997. The fraction of sp³-hybridized carbons (Fsp3) is 0.308. The van der Waals surface area contributed by atoms with Crippen LogP contribution in [0.2, 0.25) is 0 Å². The fourth-order valence-electron chi connectivity index (χ4n) is 1.51. The van der Waals surface area contributed by atoms with Crippen LogP contribution in [0.15, 0.2) is 24.3 Å². The summed E-state index contributed by atoms with van der Waals surface area (Å²) in [6.07, 6.45) is -0.225. The van der Waals surface area contributed by atoms with Gasteiger partial charge in [-0.15, -0.1) is 0 Å². The summed E-state index contributed by atoms with van der Waals surface area (Å²) >= 11 is 0. The molecule has 0 fully saturated rings. The van der Waals surface area contributed by atoms with Crippen molar-refractivity contribution in [1.29, 1.82) is 0 Å². The standard InChI is InChI=1S/C13H18N4O4/c1-21-7-12(19)16-8-2-4-9(5-3-8)17-13(20)10(14)6-11(15)18/h2-5,10H,6-7,14H2,1H3,(H2,15,18)(H,16,19)(H,17,20). The van der Waals surface area contributed by atoms with Gasteiger partial charge in [0.05, 0.1) is 12.5 Å². The number of carbonyl (C=O) groups excluding carboxylic acids is 3. The van der Waals surface area contributed by atoms with Crippen LogP contribution in [0.1, 0.15) is 6.42 Å². The van der Waals surface area contributed by atoms with E-state index >= 15 is 0 Å². The van der Waals surface area contributed by atoms with Crippen molar-refractivity contribution < 1.29 is 19.1 Å². The predicted molar refractivity (Wildman–Crippen MR) is 77.4 cm³/mol. The second-order valence-electron chi connectivity index (χ2n) is 4.32. The van der Waals surface area contributed by atoms with Gasteiger partial charge in [-0.25, -0.2) is 0 Å². The molecule has 0 radical (unpaired) electrons. The number of primary amides is 1. The summed E-state index contributed by atoms with van der Waals surface area (Å²) in [6.45, 7) is -0.0412. The Morgan fingerprint density at radius 2 is 1.67 bits per heavy atom. The van der Waals surface area contributed by atoms with Crippen LogP contribution in [0.25, 0.3) is 0 Å². The molecule has 0 saturated carbocycles. The zero-order valence-corrected chi connectivity index (χ0v) is 11.6. The van der Waals surface area contributed by atoms with Gasteiger partial charge < -0.3 is 26.8 Å². The molecule has 0 saturated heterocycles. The Labute approximate surface area is 121 Å². The Balaban J connectivity index is 2.56. The Bertz CT molecular complexity index is 515. The van der Waals surface area contributed by atoms with E-state index in [9.17, 15) is 14.4 Å². The lowest BCUT2D eigenvalue weighted by molar-refractivity contribution is -0.123. The third kappa shape index (κ3) is 6.02. The van der Waals surface area contributed by atoms with Crippen LogP contribution in [0.3, 0.4) is 0 Å². The lowest BCUT2D eigenvalue weighted by Gasteiger charge is -2.11. The average Bonchev–Trinajstić information content (AvgIpc) is 2.40. The number of ether oxygens (including phenoxy) is 1. The van der Waals surface area contributed by atoms with Gasteiger partial charge in [0, 0.05) is 18.5 Å². The molecule has 0 heterocycles. The van der Waals surface area contributed by atoms with Crippen LogP contribution in [-0.4, -0.2) is 37.5 Å². The fourth-order valence-corrected chi connectivity index (χ4v) is 1.51. The number of methoxy groups -OCH3 is 1. The molecule has 6 N–H and O–H groups in total. The summed E-state index contributed by atoms with van der Waals surface area (Å²) in [4.78, 5) is 33.6. The maximum absolute atomic E-state index is 11.7. The minimum absolute atomic E-state index is 0.0412.